The molecule has 0 aliphatic carbocycles. The maximum absolute atomic E-state index is 12.1. The molecule has 0 unspecified atom stereocenters. The molecule has 2 rings (SSSR count). The number of nitrogens with one attached hydrogen (secondary N) is 1. The summed E-state index contributed by atoms with van der Waals surface area (Å²) in [5, 5.41) is 2.74. The third kappa shape index (κ3) is 3.62. The van der Waals surface area contributed by atoms with Crippen LogP contribution in [0, 0.1) is 5.92 Å². The first-order valence-corrected chi connectivity index (χ1v) is 7.07. The Morgan fingerprint density at radius 2 is 2.19 bits per heavy atom. The smallest absolute Gasteiger partial charge is 0.227 e. The van der Waals surface area contributed by atoms with E-state index < -0.39 is 0 Å². The van der Waals surface area contributed by atoms with E-state index in [1.54, 1.807) is 11.0 Å². The molecular formula is C16H20N2O3. The van der Waals surface area contributed by atoms with Crippen LogP contribution in [-0.4, -0.2) is 31.5 Å². The fourth-order valence-corrected chi connectivity index (χ4v) is 2.34. The first-order valence-electron chi connectivity index (χ1n) is 7.07. The summed E-state index contributed by atoms with van der Waals surface area (Å²) in [4.78, 5) is 25.6. The molecule has 112 valence electrons. The van der Waals surface area contributed by atoms with Gasteiger partial charge in [-0.2, -0.15) is 0 Å². The second-order valence-electron chi connectivity index (χ2n) is 4.87. The van der Waals surface area contributed by atoms with Crippen LogP contribution in [0.5, 0.6) is 5.75 Å². The highest BCUT2D eigenvalue weighted by Crippen LogP contribution is 2.26. The fraction of sp³-hybridized carbons (Fsp3) is 0.375. The highest BCUT2D eigenvalue weighted by atomic mass is 16.5. The number of amides is 2. The molecular weight excluding hydrogens is 268 g/mol. The number of nitrogens with zero attached hydrogens (tertiary/aromatic N) is 1. The van der Waals surface area contributed by atoms with Crippen molar-refractivity contribution in [2.24, 2.45) is 5.92 Å². The third-order valence-corrected chi connectivity index (χ3v) is 3.38. The lowest BCUT2D eigenvalue weighted by Crippen LogP contribution is -2.32. The summed E-state index contributed by atoms with van der Waals surface area (Å²) in [5.74, 6) is 0.340. The molecule has 0 radical (unpaired) electrons. The number of benzene rings is 1. The van der Waals surface area contributed by atoms with Crippen LogP contribution in [0.4, 0.5) is 5.69 Å². The van der Waals surface area contributed by atoms with Gasteiger partial charge in [-0.3, -0.25) is 9.59 Å². The minimum Gasteiger partial charge on any atom is -0.494 e. The number of ether oxygens (including phenoxy) is 1. The van der Waals surface area contributed by atoms with Crippen LogP contribution in [0.25, 0.3) is 0 Å². The van der Waals surface area contributed by atoms with Gasteiger partial charge in [0.25, 0.3) is 0 Å². The topological polar surface area (TPSA) is 58.6 Å². The molecule has 1 fully saturated rings. The number of hydrogen-bond acceptors (Lipinski definition) is 3. The number of carbonyl (C=O) groups excluding carboxylic acids is 2. The Hall–Kier alpha value is -2.30. The van der Waals surface area contributed by atoms with Gasteiger partial charge in [0.2, 0.25) is 11.8 Å². The molecule has 0 spiro atoms. The number of carbonyl (C=O) groups is 2. The lowest BCUT2D eigenvalue weighted by Gasteiger charge is -2.17. The van der Waals surface area contributed by atoms with E-state index in [2.05, 4.69) is 11.9 Å². The SMILES string of the molecule is C=CCNC(=O)[C@@H]1CC(=O)N(c2ccc(OCC)cc2)C1. The predicted molar refractivity (Wildman–Crippen MR) is 81.3 cm³/mol. The van der Waals surface area contributed by atoms with Crippen molar-refractivity contribution in [2.45, 2.75) is 13.3 Å². The quantitative estimate of drug-likeness (QED) is 0.811. The predicted octanol–water partition coefficient (Wildman–Crippen LogP) is 1.74. The molecule has 1 aliphatic rings. The van der Waals surface area contributed by atoms with Crippen LogP contribution in [0.15, 0.2) is 36.9 Å². The maximum atomic E-state index is 12.1. The monoisotopic (exact) mass is 288 g/mol. The van der Waals surface area contributed by atoms with Crippen molar-refractivity contribution in [3.05, 3.63) is 36.9 Å². The van der Waals surface area contributed by atoms with Crippen LogP contribution in [0.3, 0.4) is 0 Å². The molecule has 1 aromatic rings. The summed E-state index contributed by atoms with van der Waals surface area (Å²) in [6, 6.07) is 7.34. The van der Waals surface area contributed by atoms with E-state index >= 15 is 0 Å². The minimum atomic E-state index is -0.302. The van der Waals surface area contributed by atoms with E-state index in [0.29, 0.717) is 19.7 Å². The summed E-state index contributed by atoms with van der Waals surface area (Å²) in [5.41, 5.74) is 0.794. The normalized spacial score (nSPS) is 17.7. The second kappa shape index (κ2) is 6.92. The summed E-state index contributed by atoms with van der Waals surface area (Å²) >= 11 is 0. The van der Waals surface area contributed by atoms with Gasteiger partial charge in [0.15, 0.2) is 0 Å². The van der Waals surface area contributed by atoms with E-state index in [1.165, 1.54) is 0 Å². The summed E-state index contributed by atoms with van der Waals surface area (Å²) in [6.45, 7) is 6.92. The molecule has 21 heavy (non-hydrogen) atoms. The van der Waals surface area contributed by atoms with Crippen molar-refractivity contribution >= 4 is 17.5 Å². The van der Waals surface area contributed by atoms with Gasteiger partial charge in [-0.05, 0) is 31.2 Å². The molecule has 1 aromatic carbocycles. The Kier molecular flexibility index (Phi) is 4.98. The molecule has 5 heteroatoms. The van der Waals surface area contributed by atoms with E-state index in [1.807, 2.05) is 31.2 Å². The van der Waals surface area contributed by atoms with Crippen LogP contribution < -0.4 is 15.0 Å². The third-order valence-electron chi connectivity index (χ3n) is 3.38. The minimum absolute atomic E-state index is 0.0297. The number of anilines is 1. The van der Waals surface area contributed by atoms with Gasteiger partial charge in [0.05, 0.1) is 12.5 Å². The van der Waals surface area contributed by atoms with E-state index in [0.717, 1.165) is 11.4 Å². The van der Waals surface area contributed by atoms with Crippen molar-refractivity contribution < 1.29 is 14.3 Å². The highest BCUT2D eigenvalue weighted by Gasteiger charge is 2.34. The number of hydrogen-bond donors (Lipinski definition) is 1. The largest absolute Gasteiger partial charge is 0.494 e. The van der Waals surface area contributed by atoms with Crippen LogP contribution in [0.2, 0.25) is 0 Å². The summed E-state index contributed by atoms with van der Waals surface area (Å²) in [6.07, 6.45) is 1.87. The average Bonchev–Trinajstić information content (AvgIpc) is 2.88. The molecule has 1 N–H and O–H groups in total. The van der Waals surface area contributed by atoms with Crippen LogP contribution >= 0.6 is 0 Å². The van der Waals surface area contributed by atoms with Crippen molar-refractivity contribution in [1.29, 1.82) is 0 Å². The Bertz CT molecular complexity index is 525. The first kappa shape index (κ1) is 15.1. The van der Waals surface area contributed by atoms with Gasteiger partial charge in [-0.1, -0.05) is 6.08 Å². The molecule has 5 nitrogen and oxygen atoms in total. The molecule has 2 amide bonds. The Morgan fingerprint density at radius 1 is 1.48 bits per heavy atom. The zero-order valence-electron chi connectivity index (χ0n) is 12.2. The van der Waals surface area contributed by atoms with Crippen molar-refractivity contribution in [3.8, 4) is 5.75 Å². The van der Waals surface area contributed by atoms with E-state index in [9.17, 15) is 9.59 Å². The van der Waals surface area contributed by atoms with Crippen LogP contribution in [0.1, 0.15) is 13.3 Å². The molecule has 1 atom stereocenters. The Morgan fingerprint density at radius 3 is 2.81 bits per heavy atom. The molecule has 0 aromatic heterocycles. The molecule has 0 saturated carbocycles. The number of rotatable bonds is 6. The standard InChI is InChI=1S/C16H20N2O3/c1-3-9-17-16(20)12-10-15(19)18(11-12)13-5-7-14(8-6-13)21-4-2/h3,5-8,12H,1,4,9-11H2,2H3,(H,17,20)/t12-/m1/s1. The summed E-state index contributed by atoms with van der Waals surface area (Å²) in [7, 11) is 0. The summed E-state index contributed by atoms with van der Waals surface area (Å²) < 4.78 is 5.38. The zero-order valence-corrected chi connectivity index (χ0v) is 12.2. The Labute approximate surface area is 124 Å². The molecule has 1 heterocycles. The van der Waals surface area contributed by atoms with Gasteiger partial charge in [0, 0.05) is 25.2 Å². The van der Waals surface area contributed by atoms with Gasteiger partial charge in [-0.15, -0.1) is 6.58 Å². The van der Waals surface area contributed by atoms with E-state index in [4.69, 9.17) is 4.74 Å². The lowest BCUT2D eigenvalue weighted by molar-refractivity contribution is -0.126. The Balaban J connectivity index is 2.02. The second-order valence-corrected chi connectivity index (χ2v) is 4.87. The highest BCUT2D eigenvalue weighted by molar-refractivity contribution is 6.00. The van der Waals surface area contributed by atoms with E-state index in [-0.39, 0.29) is 24.2 Å². The average molecular weight is 288 g/mol. The van der Waals surface area contributed by atoms with Crippen molar-refractivity contribution in [2.75, 3.05) is 24.6 Å². The van der Waals surface area contributed by atoms with Crippen molar-refractivity contribution in [1.82, 2.24) is 5.32 Å². The van der Waals surface area contributed by atoms with Crippen molar-refractivity contribution in [3.63, 3.8) is 0 Å². The van der Waals surface area contributed by atoms with Gasteiger partial charge in [-0.25, -0.2) is 0 Å². The van der Waals surface area contributed by atoms with Gasteiger partial charge >= 0.3 is 0 Å². The van der Waals surface area contributed by atoms with Gasteiger partial charge < -0.3 is 15.0 Å². The zero-order chi connectivity index (χ0) is 15.2. The lowest BCUT2D eigenvalue weighted by atomic mass is 10.1. The maximum Gasteiger partial charge on any atom is 0.227 e. The van der Waals surface area contributed by atoms with Gasteiger partial charge in [0.1, 0.15) is 5.75 Å². The first-order chi connectivity index (χ1) is 10.2. The van der Waals surface area contributed by atoms with Crippen LogP contribution in [-0.2, 0) is 9.59 Å². The molecule has 1 saturated heterocycles. The fourth-order valence-electron chi connectivity index (χ4n) is 2.34. The molecule has 1 aliphatic heterocycles. The molecule has 0 bridgehead atoms.